The van der Waals surface area contributed by atoms with Gasteiger partial charge in [-0.05, 0) is 48.4 Å². The maximum absolute atomic E-state index is 14.9. The number of ether oxygens (including phenoxy) is 1. The maximum atomic E-state index is 14.9. The predicted octanol–water partition coefficient (Wildman–Crippen LogP) is 2.30. The van der Waals surface area contributed by atoms with Crippen molar-refractivity contribution in [3.05, 3.63) is 71.9 Å². The fourth-order valence-electron chi connectivity index (χ4n) is 5.25. The van der Waals surface area contributed by atoms with E-state index < -0.39 is 29.0 Å². The second-order valence-electron chi connectivity index (χ2n) is 9.34. The Morgan fingerprint density at radius 3 is 2.43 bits per heavy atom. The number of benzene rings is 1. The predicted molar refractivity (Wildman–Crippen MR) is 124 cm³/mol. The molecule has 2 bridgehead atoms. The first-order valence-electron chi connectivity index (χ1n) is 11.2. The number of nitrogens with zero attached hydrogens (tertiary/aromatic N) is 4. The van der Waals surface area contributed by atoms with Crippen LogP contribution in [0.2, 0.25) is 0 Å². The molecule has 1 aliphatic carbocycles. The van der Waals surface area contributed by atoms with E-state index in [1.54, 1.807) is 17.0 Å². The largest absolute Gasteiger partial charge is 0.472 e. The van der Waals surface area contributed by atoms with Crippen molar-refractivity contribution in [3.8, 4) is 17.3 Å². The van der Waals surface area contributed by atoms with E-state index in [1.807, 2.05) is 15.7 Å². The van der Waals surface area contributed by atoms with Crippen LogP contribution in [0.1, 0.15) is 28.8 Å². The van der Waals surface area contributed by atoms with Gasteiger partial charge >= 0.3 is 6.18 Å². The van der Waals surface area contributed by atoms with Crippen LogP contribution >= 0.6 is 0 Å². The second kappa shape index (κ2) is 8.35. The third-order valence-corrected chi connectivity index (χ3v) is 7.01. The molecule has 178 valence electrons. The number of amides is 1. The quantitative estimate of drug-likeness (QED) is 0.422. The van der Waals surface area contributed by atoms with Crippen LogP contribution in [0, 0.1) is 11.7 Å². The summed E-state index contributed by atoms with van der Waals surface area (Å²) >= 11 is 0. The molecule has 1 amide bonds. The maximum Gasteiger partial charge on any atom is 0.417 e. The Labute approximate surface area is 200 Å². The number of hydrogen-bond acceptors (Lipinski definition) is 5. The molecule has 1 saturated heterocycles. The first-order valence-corrected chi connectivity index (χ1v) is 11.2. The number of fused-ring (bicyclic) bond motifs is 2. The molecule has 0 spiro atoms. The minimum absolute atomic E-state index is 0.0264. The SMILES string of the molecule is BC1(B)C2CC(Oc3ccc(C(F)(F)F)cn3)C(C2)N1C(=O)c1cccc(F)c1-c1ncccn1. The van der Waals surface area contributed by atoms with Gasteiger partial charge in [0.2, 0.25) is 5.88 Å². The van der Waals surface area contributed by atoms with Crippen LogP contribution in [0.15, 0.2) is 55.0 Å². The average Bonchev–Trinajstić information content (AvgIpc) is 3.33. The van der Waals surface area contributed by atoms with Crippen LogP contribution in [0.25, 0.3) is 11.4 Å². The van der Waals surface area contributed by atoms with Gasteiger partial charge in [-0.25, -0.2) is 19.3 Å². The summed E-state index contributed by atoms with van der Waals surface area (Å²) in [4.78, 5) is 27.6. The molecular formula is C23H20B2F4N4O2. The first-order chi connectivity index (χ1) is 16.6. The van der Waals surface area contributed by atoms with E-state index in [9.17, 15) is 22.4 Å². The third-order valence-electron chi connectivity index (χ3n) is 7.01. The molecule has 2 aromatic heterocycles. The molecule has 6 nitrogen and oxygen atoms in total. The van der Waals surface area contributed by atoms with E-state index in [0.29, 0.717) is 12.8 Å². The van der Waals surface area contributed by atoms with Gasteiger partial charge in [-0.1, -0.05) is 6.07 Å². The van der Waals surface area contributed by atoms with Crippen molar-refractivity contribution >= 4 is 21.6 Å². The highest BCUT2D eigenvalue weighted by Gasteiger charge is 2.58. The molecule has 12 heteroatoms. The van der Waals surface area contributed by atoms with Gasteiger partial charge in [0.25, 0.3) is 5.91 Å². The Hall–Kier alpha value is -3.43. The summed E-state index contributed by atoms with van der Waals surface area (Å²) < 4.78 is 59.4. The number of pyridine rings is 1. The van der Waals surface area contributed by atoms with Gasteiger partial charge in [-0.2, -0.15) is 13.2 Å². The highest BCUT2D eigenvalue weighted by molar-refractivity contribution is 6.41. The van der Waals surface area contributed by atoms with E-state index in [0.717, 1.165) is 12.3 Å². The lowest BCUT2D eigenvalue weighted by Crippen LogP contribution is -2.61. The van der Waals surface area contributed by atoms with Crippen LogP contribution in [0.4, 0.5) is 17.6 Å². The molecule has 35 heavy (non-hydrogen) atoms. The van der Waals surface area contributed by atoms with Gasteiger partial charge in [0.05, 0.1) is 22.7 Å². The van der Waals surface area contributed by atoms with Crippen molar-refractivity contribution in [1.29, 1.82) is 0 Å². The van der Waals surface area contributed by atoms with E-state index in [1.165, 1.54) is 30.6 Å². The van der Waals surface area contributed by atoms with Crippen molar-refractivity contribution in [2.24, 2.45) is 5.92 Å². The lowest BCUT2D eigenvalue weighted by atomic mass is 9.54. The fraction of sp³-hybridized carbons (Fsp3) is 0.304. The second-order valence-corrected chi connectivity index (χ2v) is 9.34. The number of alkyl halides is 3. The molecule has 1 aromatic carbocycles. The number of likely N-dealkylation sites (tertiary alicyclic amines) is 1. The lowest BCUT2D eigenvalue weighted by molar-refractivity contribution is -0.137. The van der Waals surface area contributed by atoms with Gasteiger partial charge in [0, 0.05) is 24.7 Å². The standard InChI is InChI=1S/C23H20B2F4N4O2/c24-22(25)13-9-16(17(10-13)35-18-6-5-12(11-32-18)23(27,28)29)33(22)21(34)14-3-1-4-15(26)19(14)20-30-7-2-8-31-20/h1-8,11,13,16-17H,9-10,24-25H2. The average molecular weight is 482 g/mol. The van der Waals surface area contributed by atoms with Gasteiger partial charge < -0.3 is 9.64 Å². The minimum Gasteiger partial charge on any atom is -0.472 e. The number of carbonyl (C=O) groups is 1. The van der Waals surface area contributed by atoms with E-state index in [4.69, 9.17) is 4.74 Å². The Balaban J connectivity index is 1.45. The zero-order chi connectivity index (χ0) is 25.0. The summed E-state index contributed by atoms with van der Waals surface area (Å²) in [5, 5.41) is -0.531. The van der Waals surface area contributed by atoms with Gasteiger partial charge in [-0.15, -0.1) is 0 Å². The molecule has 2 aliphatic rings. The molecule has 0 radical (unpaired) electrons. The molecule has 3 unspecified atom stereocenters. The fourth-order valence-corrected chi connectivity index (χ4v) is 5.25. The van der Waals surface area contributed by atoms with Gasteiger partial charge in [0.15, 0.2) is 5.82 Å². The van der Waals surface area contributed by atoms with Crippen molar-refractivity contribution in [2.75, 3.05) is 0 Å². The zero-order valence-electron chi connectivity index (χ0n) is 19.0. The van der Waals surface area contributed by atoms with Crippen LogP contribution in [0.3, 0.4) is 0 Å². The molecule has 1 aliphatic heterocycles. The first kappa shape index (κ1) is 23.3. The number of halogens is 4. The summed E-state index contributed by atoms with van der Waals surface area (Å²) in [6.45, 7) is 0. The van der Waals surface area contributed by atoms with Crippen LogP contribution in [-0.2, 0) is 6.18 Å². The molecule has 0 N–H and O–H groups in total. The van der Waals surface area contributed by atoms with E-state index in [2.05, 4.69) is 15.0 Å². The topological polar surface area (TPSA) is 68.2 Å². The zero-order valence-corrected chi connectivity index (χ0v) is 19.0. The molecule has 3 atom stereocenters. The Bertz CT molecular complexity index is 1260. The van der Waals surface area contributed by atoms with Gasteiger partial charge in [-0.3, -0.25) is 4.79 Å². The summed E-state index contributed by atoms with van der Waals surface area (Å²) in [6.07, 6.45) is 0.0340. The summed E-state index contributed by atoms with van der Waals surface area (Å²) in [7, 11) is 3.92. The molecule has 3 aromatic rings. The summed E-state index contributed by atoms with van der Waals surface area (Å²) in [5.41, 5.74) is -0.695. The number of piperidine rings is 1. The van der Waals surface area contributed by atoms with Gasteiger partial charge in [0.1, 0.15) is 27.6 Å². The van der Waals surface area contributed by atoms with Crippen molar-refractivity contribution in [2.45, 2.75) is 36.5 Å². The highest BCUT2D eigenvalue weighted by Crippen LogP contribution is 2.48. The third kappa shape index (κ3) is 4.04. The van der Waals surface area contributed by atoms with Crippen molar-refractivity contribution < 1.29 is 27.1 Å². The number of carbonyl (C=O) groups excluding carboxylic acids is 1. The van der Waals surface area contributed by atoms with Crippen LogP contribution in [0.5, 0.6) is 5.88 Å². The van der Waals surface area contributed by atoms with Crippen molar-refractivity contribution in [1.82, 2.24) is 19.9 Å². The monoisotopic (exact) mass is 482 g/mol. The summed E-state index contributed by atoms with van der Waals surface area (Å²) in [6, 6.07) is 7.63. The minimum atomic E-state index is -4.49. The smallest absolute Gasteiger partial charge is 0.417 e. The molecule has 3 heterocycles. The number of hydrogen-bond donors (Lipinski definition) is 0. The molecule has 2 fully saturated rings. The van der Waals surface area contributed by atoms with Crippen molar-refractivity contribution in [3.63, 3.8) is 0 Å². The molecular weight excluding hydrogens is 462 g/mol. The molecule has 1 saturated carbocycles. The summed E-state index contributed by atoms with van der Waals surface area (Å²) in [5.74, 6) is -0.715. The Morgan fingerprint density at radius 1 is 1.06 bits per heavy atom. The lowest BCUT2D eigenvalue weighted by Gasteiger charge is -2.45. The normalized spacial score (nSPS) is 22.9. The highest BCUT2D eigenvalue weighted by atomic mass is 19.4. The number of aromatic nitrogens is 3. The van der Waals surface area contributed by atoms with E-state index >= 15 is 0 Å². The Morgan fingerprint density at radius 2 is 1.80 bits per heavy atom. The van der Waals surface area contributed by atoms with Crippen LogP contribution in [-0.4, -0.2) is 58.9 Å². The Kier molecular flexibility index (Phi) is 5.56. The number of rotatable bonds is 4. The molecule has 5 rings (SSSR count). The van der Waals surface area contributed by atoms with E-state index in [-0.39, 0.29) is 40.7 Å². The van der Waals surface area contributed by atoms with Crippen LogP contribution < -0.4 is 4.74 Å².